The van der Waals surface area contributed by atoms with Crippen LogP contribution in [0, 0.1) is 23.2 Å². The van der Waals surface area contributed by atoms with Crippen molar-refractivity contribution in [2.45, 2.75) is 108 Å². The molecule has 0 aromatic heterocycles. The highest BCUT2D eigenvalue weighted by Gasteiger charge is 2.66. The van der Waals surface area contributed by atoms with E-state index in [2.05, 4.69) is 17.9 Å². The van der Waals surface area contributed by atoms with Crippen LogP contribution in [0.5, 0.6) is 0 Å². The quantitative estimate of drug-likeness (QED) is 0.235. The van der Waals surface area contributed by atoms with Gasteiger partial charge in [-0.2, -0.15) is 26.3 Å². The van der Waals surface area contributed by atoms with E-state index < -0.39 is 59.7 Å². The fourth-order valence-electron chi connectivity index (χ4n) is 7.07. The highest BCUT2D eigenvalue weighted by Crippen LogP contribution is 2.63. The third-order valence-electron chi connectivity index (χ3n) is 8.65. The molecule has 5 aliphatic rings. The lowest BCUT2D eigenvalue weighted by Gasteiger charge is -2.60. The van der Waals surface area contributed by atoms with Crippen molar-refractivity contribution in [3.63, 3.8) is 0 Å². The monoisotopic (exact) mass is 600 g/mol. The van der Waals surface area contributed by atoms with E-state index in [1.54, 1.807) is 0 Å². The molecule has 4 atom stereocenters. The van der Waals surface area contributed by atoms with Crippen LogP contribution < -0.4 is 0 Å². The Morgan fingerprint density at radius 1 is 0.902 bits per heavy atom. The summed E-state index contributed by atoms with van der Waals surface area (Å²) in [6.07, 6.45) is -8.16. The molecule has 4 unspecified atom stereocenters. The van der Waals surface area contributed by atoms with E-state index in [4.69, 9.17) is 9.47 Å². The zero-order valence-corrected chi connectivity index (χ0v) is 23.4. The Labute approximate surface area is 234 Å². The first-order valence-electron chi connectivity index (χ1n) is 13.6. The summed E-state index contributed by atoms with van der Waals surface area (Å²) in [5, 5.41) is 19.6. The van der Waals surface area contributed by atoms with Gasteiger partial charge in [0.2, 0.25) is 0 Å². The Bertz CT molecular complexity index is 999. The number of alkyl halides is 6. The molecule has 4 bridgehead atoms. The maximum Gasteiger partial charge on any atom is 0.443 e. The Hall–Kier alpha value is -2.12. The van der Waals surface area contributed by atoms with Gasteiger partial charge in [0.25, 0.3) is 5.79 Å². The number of aliphatic hydroxyl groups is 2. The van der Waals surface area contributed by atoms with E-state index >= 15 is 0 Å². The predicted octanol–water partition coefficient (Wildman–Crippen LogP) is 5.54. The Kier molecular flexibility index (Phi) is 9.38. The van der Waals surface area contributed by atoms with Crippen LogP contribution >= 0.6 is 0 Å². The van der Waals surface area contributed by atoms with E-state index in [0.29, 0.717) is 37.0 Å². The number of rotatable bonds is 6. The minimum absolute atomic E-state index is 0.0442. The summed E-state index contributed by atoms with van der Waals surface area (Å²) in [5.41, 5.74) is -3.71. The summed E-state index contributed by atoms with van der Waals surface area (Å²) in [4.78, 5) is 23.2. The number of carbonyl (C=O) groups excluding carboxylic acids is 2. The number of hydrogen-bond acceptors (Lipinski definition) is 7. The van der Waals surface area contributed by atoms with Crippen LogP contribution in [-0.2, 0) is 23.8 Å². The van der Waals surface area contributed by atoms with Gasteiger partial charge in [0.1, 0.15) is 12.2 Å². The molecule has 5 fully saturated rings. The fourth-order valence-corrected chi connectivity index (χ4v) is 7.07. The van der Waals surface area contributed by atoms with Crippen molar-refractivity contribution in [2.75, 3.05) is 6.61 Å². The van der Waals surface area contributed by atoms with Crippen LogP contribution in [-0.4, -0.2) is 64.7 Å². The fraction of sp³-hybridized carbons (Fsp3) is 0.786. The maximum atomic E-state index is 13.6. The number of halogens is 6. The van der Waals surface area contributed by atoms with E-state index in [1.165, 1.54) is 13.8 Å². The lowest BCUT2D eigenvalue weighted by atomic mass is 9.47. The maximum absolute atomic E-state index is 13.6. The van der Waals surface area contributed by atoms with Crippen LogP contribution in [0.15, 0.2) is 24.3 Å². The number of esters is 2. The molecule has 4 aliphatic carbocycles. The molecule has 0 amide bonds. The second-order valence-electron chi connectivity index (χ2n) is 12.4. The molecule has 1 aliphatic heterocycles. The Morgan fingerprint density at radius 3 is 1.76 bits per heavy atom. The third kappa shape index (κ3) is 7.10. The summed E-state index contributed by atoms with van der Waals surface area (Å²) >= 11 is 0. The second-order valence-corrected chi connectivity index (χ2v) is 12.4. The lowest BCUT2D eigenvalue weighted by molar-refractivity contribution is -0.383. The molecule has 41 heavy (non-hydrogen) atoms. The molecule has 0 spiro atoms. The van der Waals surface area contributed by atoms with E-state index in [-0.39, 0.29) is 24.2 Å². The van der Waals surface area contributed by atoms with Gasteiger partial charge in [0.05, 0.1) is 6.61 Å². The molecule has 234 valence electrons. The van der Waals surface area contributed by atoms with Gasteiger partial charge in [-0.1, -0.05) is 13.2 Å². The zero-order chi connectivity index (χ0) is 31.2. The smallest absolute Gasteiger partial charge is 0.443 e. The number of carbonyl (C=O) groups is 2. The predicted molar refractivity (Wildman–Crippen MR) is 133 cm³/mol. The molecule has 5 rings (SSSR count). The highest BCUT2D eigenvalue weighted by molar-refractivity contribution is 5.87. The Morgan fingerprint density at radius 2 is 1.37 bits per heavy atom. The number of ether oxygens (including phenoxy) is 3. The van der Waals surface area contributed by atoms with E-state index in [9.17, 15) is 46.1 Å². The van der Waals surface area contributed by atoms with E-state index in [0.717, 1.165) is 26.2 Å². The van der Waals surface area contributed by atoms with Gasteiger partial charge in [-0.25, -0.2) is 9.59 Å². The lowest BCUT2D eigenvalue weighted by Crippen LogP contribution is -2.64. The van der Waals surface area contributed by atoms with Gasteiger partial charge in [0.15, 0.2) is 5.60 Å². The van der Waals surface area contributed by atoms with Gasteiger partial charge in [0, 0.05) is 29.4 Å². The van der Waals surface area contributed by atoms with Crippen molar-refractivity contribution >= 4 is 11.9 Å². The largest absolute Gasteiger partial charge is 0.459 e. The molecule has 13 heteroatoms. The van der Waals surface area contributed by atoms with Gasteiger partial charge in [-0.15, -0.1) is 0 Å². The Balaban J connectivity index is 0.000000241. The van der Waals surface area contributed by atoms with Crippen LogP contribution in [0.4, 0.5) is 26.3 Å². The molecule has 0 radical (unpaired) electrons. The highest BCUT2D eigenvalue weighted by atomic mass is 19.4. The van der Waals surface area contributed by atoms with E-state index in [1.807, 2.05) is 0 Å². The third-order valence-corrected chi connectivity index (χ3v) is 8.65. The SMILES string of the molecule is C=C(C)C(=O)OC(C12CC3CC(CC(C3)C1)C2)C(C)(O)C(F)(F)F.C=C(C)C(=O)OC1CCOC(O)(C(F)(F)F)C1. The first-order chi connectivity index (χ1) is 18.6. The second kappa shape index (κ2) is 11.5. The van der Waals surface area contributed by atoms with Crippen molar-refractivity contribution in [3.05, 3.63) is 24.3 Å². The standard InChI is InChI=1S/C18H25F3O3.C10H13F3O4/c1-10(2)14(22)24-15(16(3,23)18(19,20)21)17-7-11-4-12(8-17)6-13(5-11)9-17;1-6(2)8(14)17-7-3-4-16-9(15,5-7)10(11,12)13/h11-13,15,23H,1,4-9H2,2-3H3;7,15H,1,3-5H2,2H3. The van der Waals surface area contributed by atoms with Gasteiger partial charge < -0.3 is 24.4 Å². The molecule has 7 nitrogen and oxygen atoms in total. The molecule has 2 N–H and O–H groups in total. The van der Waals surface area contributed by atoms with Crippen LogP contribution in [0.3, 0.4) is 0 Å². The normalized spacial score (nSPS) is 34.9. The van der Waals surface area contributed by atoms with Crippen molar-refractivity contribution < 1.29 is 60.4 Å². The molecule has 1 saturated heterocycles. The average Bonchev–Trinajstić information content (AvgIpc) is 2.80. The van der Waals surface area contributed by atoms with Crippen LogP contribution in [0.2, 0.25) is 0 Å². The molecule has 0 aromatic rings. The van der Waals surface area contributed by atoms with Crippen LogP contribution in [0.1, 0.15) is 72.1 Å². The zero-order valence-electron chi connectivity index (χ0n) is 23.4. The molecule has 4 saturated carbocycles. The molecule has 1 heterocycles. The van der Waals surface area contributed by atoms with Crippen molar-refractivity contribution in [3.8, 4) is 0 Å². The van der Waals surface area contributed by atoms with Gasteiger partial charge in [-0.3, -0.25) is 0 Å². The summed E-state index contributed by atoms with van der Waals surface area (Å²) in [6, 6.07) is 0. The molecule has 0 aromatic carbocycles. The summed E-state index contributed by atoms with van der Waals surface area (Å²) in [7, 11) is 0. The summed E-state index contributed by atoms with van der Waals surface area (Å²) in [5.74, 6) is -3.74. The summed E-state index contributed by atoms with van der Waals surface area (Å²) < 4.78 is 92.4. The summed E-state index contributed by atoms with van der Waals surface area (Å²) in [6.45, 7) is 9.98. The minimum atomic E-state index is -4.92. The first kappa shape index (κ1) is 33.4. The van der Waals surface area contributed by atoms with Crippen molar-refractivity contribution in [1.29, 1.82) is 0 Å². The van der Waals surface area contributed by atoms with Gasteiger partial charge >= 0.3 is 24.3 Å². The van der Waals surface area contributed by atoms with Crippen molar-refractivity contribution in [2.24, 2.45) is 23.2 Å². The van der Waals surface area contributed by atoms with Crippen molar-refractivity contribution in [1.82, 2.24) is 0 Å². The first-order valence-corrected chi connectivity index (χ1v) is 13.6. The minimum Gasteiger partial charge on any atom is -0.459 e. The topological polar surface area (TPSA) is 102 Å². The molecular formula is C28H38F6O7. The van der Waals surface area contributed by atoms with Gasteiger partial charge in [-0.05, 0) is 77.0 Å². The average molecular weight is 601 g/mol. The number of hydrogen-bond donors (Lipinski definition) is 2. The molecular weight excluding hydrogens is 562 g/mol. The van der Waals surface area contributed by atoms with Crippen LogP contribution in [0.25, 0.3) is 0 Å².